The Morgan fingerprint density at radius 1 is 0.886 bits per heavy atom. The molecule has 7 heteroatoms. The first kappa shape index (κ1) is 24.2. The van der Waals surface area contributed by atoms with Crippen molar-refractivity contribution in [2.75, 3.05) is 39.4 Å². The van der Waals surface area contributed by atoms with Gasteiger partial charge in [-0.25, -0.2) is 0 Å². The average molecular weight is 472 g/mol. The minimum Gasteiger partial charge on any atom is -0.457 e. The Labute approximate surface area is 205 Å². The molecule has 0 radical (unpaired) electrons. The van der Waals surface area contributed by atoms with Crippen molar-refractivity contribution >= 4 is 17.9 Å². The highest BCUT2D eigenvalue weighted by Crippen LogP contribution is 2.22. The number of benzene rings is 3. The summed E-state index contributed by atoms with van der Waals surface area (Å²) < 4.78 is 11.3. The summed E-state index contributed by atoms with van der Waals surface area (Å²) in [7, 11) is 0. The van der Waals surface area contributed by atoms with Gasteiger partial charge in [-0.05, 0) is 48.0 Å². The van der Waals surface area contributed by atoms with Crippen LogP contribution in [0, 0.1) is 0 Å². The number of amides is 2. The molecule has 0 spiro atoms. The average Bonchev–Trinajstić information content (AvgIpc) is 2.90. The molecule has 1 aliphatic rings. The number of carbonyl (C=O) groups is 2. The monoisotopic (exact) mass is 471 g/mol. The van der Waals surface area contributed by atoms with Crippen molar-refractivity contribution in [3.8, 4) is 11.5 Å². The molecule has 3 aromatic carbocycles. The molecule has 0 unspecified atom stereocenters. The van der Waals surface area contributed by atoms with Gasteiger partial charge in [0, 0.05) is 31.7 Å². The SMILES string of the molecule is O=C(NCCN1CCOCC1)C(=Cc1cccc(Oc2ccccc2)c1)NC(=O)c1ccccc1. The van der Waals surface area contributed by atoms with Gasteiger partial charge in [0.1, 0.15) is 17.2 Å². The van der Waals surface area contributed by atoms with Crippen molar-refractivity contribution in [3.63, 3.8) is 0 Å². The molecule has 1 fully saturated rings. The van der Waals surface area contributed by atoms with Gasteiger partial charge in [-0.1, -0.05) is 48.5 Å². The number of hydrogen-bond donors (Lipinski definition) is 2. The van der Waals surface area contributed by atoms with Crippen LogP contribution < -0.4 is 15.4 Å². The summed E-state index contributed by atoms with van der Waals surface area (Å²) in [5, 5.41) is 5.70. The van der Waals surface area contributed by atoms with Gasteiger partial charge in [-0.15, -0.1) is 0 Å². The van der Waals surface area contributed by atoms with E-state index in [1.807, 2.05) is 60.7 Å². The summed E-state index contributed by atoms with van der Waals surface area (Å²) >= 11 is 0. The van der Waals surface area contributed by atoms with E-state index in [9.17, 15) is 9.59 Å². The molecule has 0 saturated carbocycles. The van der Waals surface area contributed by atoms with Crippen molar-refractivity contribution in [2.24, 2.45) is 0 Å². The number of rotatable bonds is 9. The van der Waals surface area contributed by atoms with Crippen LogP contribution in [0.25, 0.3) is 6.08 Å². The Kier molecular flexibility index (Phi) is 8.64. The molecule has 7 nitrogen and oxygen atoms in total. The number of para-hydroxylation sites is 1. The molecule has 4 rings (SSSR count). The molecule has 1 saturated heterocycles. The highest BCUT2D eigenvalue weighted by atomic mass is 16.5. The summed E-state index contributed by atoms with van der Waals surface area (Å²) in [6, 6.07) is 25.6. The fourth-order valence-electron chi connectivity index (χ4n) is 3.65. The predicted molar refractivity (Wildman–Crippen MR) is 135 cm³/mol. The van der Waals surface area contributed by atoms with Gasteiger partial charge < -0.3 is 20.1 Å². The van der Waals surface area contributed by atoms with Gasteiger partial charge in [0.05, 0.1) is 13.2 Å². The highest BCUT2D eigenvalue weighted by molar-refractivity contribution is 6.05. The molecule has 2 amide bonds. The quantitative estimate of drug-likeness (QED) is 0.465. The van der Waals surface area contributed by atoms with Gasteiger partial charge in [0.25, 0.3) is 11.8 Å². The molecule has 1 aliphatic heterocycles. The molecule has 0 aliphatic carbocycles. The lowest BCUT2D eigenvalue weighted by atomic mass is 10.1. The van der Waals surface area contributed by atoms with Crippen LogP contribution in [0.2, 0.25) is 0 Å². The summed E-state index contributed by atoms with van der Waals surface area (Å²) in [5.41, 5.74) is 1.36. The molecule has 0 atom stereocenters. The Balaban J connectivity index is 1.49. The zero-order chi connectivity index (χ0) is 24.3. The van der Waals surface area contributed by atoms with Crippen LogP contribution in [0.4, 0.5) is 0 Å². The van der Waals surface area contributed by atoms with Crippen LogP contribution in [-0.4, -0.2) is 56.1 Å². The highest BCUT2D eigenvalue weighted by Gasteiger charge is 2.16. The fraction of sp³-hybridized carbons (Fsp3) is 0.214. The van der Waals surface area contributed by atoms with Crippen molar-refractivity contribution in [3.05, 3.63) is 102 Å². The third kappa shape index (κ3) is 7.53. The van der Waals surface area contributed by atoms with Crippen molar-refractivity contribution < 1.29 is 19.1 Å². The molecule has 0 bridgehead atoms. The van der Waals surface area contributed by atoms with Crippen LogP contribution in [0.3, 0.4) is 0 Å². The first-order valence-electron chi connectivity index (χ1n) is 11.7. The first-order valence-corrected chi connectivity index (χ1v) is 11.7. The Bertz CT molecular complexity index is 1140. The third-order valence-electron chi connectivity index (χ3n) is 5.49. The van der Waals surface area contributed by atoms with Crippen molar-refractivity contribution in [1.82, 2.24) is 15.5 Å². The van der Waals surface area contributed by atoms with Gasteiger partial charge in [0.2, 0.25) is 0 Å². The van der Waals surface area contributed by atoms with E-state index in [1.54, 1.807) is 30.3 Å². The predicted octanol–water partition coefficient (Wildman–Crippen LogP) is 3.70. The van der Waals surface area contributed by atoms with Crippen molar-refractivity contribution in [1.29, 1.82) is 0 Å². The first-order chi connectivity index (χ1) is 17.2. The smallest absolute Gasteiger partial charge is 0.267 e. The number of nitrogens with zero attached hydrogens (tertiary/aromatic N) is 1. The fourth-order valence-corrected chi connectivity index (χ4v) is 3.65. The maximum absolute atomic E-state index is 13.1. The molecule has 2 N–H and O–H groups in total. The summed E-state index contributed by atoms with van der Waals surface area (Å²) in [5.74, 6) is 0.646. The molecule has 1 heterocycles. The van der Waals surface area contributed by atoms with Crippen LogP contribution in [0.15, 0.2) is 90.6 Å². The minimum absolute atomic E-state index is 0.165. The van der Waals surface area contributed by atoms with E-state index in [-0.39, 0.29) is 17.5 Å². The molecule has 0 aromatic heterocycles. The second-order valence-electron chi connectivity index (χ2n) is 8.08. The van der Waals surface area contributed by atoms with E-state index in [1.165, 1.54) is 0 Å². The topological polar surface area (TPSA) is 79.9 Å². The number of morpholine rings is 1. The molecular formula is C28H29N3O4. The molecular weight excluding hydrogens is 442 g/mol. The standard InChI is InChI=1S/C28H29N3O4/c32-27(23-9-3-1-4-10-23)30-26(28(33)29-14-15-31-16-18-34-19-17-31)21-22-8-7-13-25(20-22)35-24-11-5-2-6-12-24/h1-13,20-21H,14-19H2,(H,29,33)(H,30,32). The summed E-state index contributed by atoms with van der Waals surface area (Å²) in [6.07, 6.45) is 1.66. The van der Waals surface area contributed by atoms with Crippen LogP contribution in [0.5, 0.6) is 11.5 Å². The third-order valence-corrected chi connectivity index (χ3v) is 5.49. The van der Waals surface area contributed by atoms with Gasteiger partial charge >= 0.3 is 0 Å². The Morgan fingerprint density at radius 2 is 1.57 bits per heavy atom. The van der Waals surface area contributed by atoms with Crippen molar-refractivity contribution in [2.45, 2.75) is 0 Å². The lowest BCUT2D eigenvalue weighted by Gasteiger charge is -2.26. The van der Waals surface area contributed by atoms with E-state index in [0.29, 0.717) is 36.8 Å². The van der Waals surface area contributed by atoms with Crippen LogP contribution in [0.1, 0.15) is 15.9 Å². The Hall–Kier alpha value is -3.94. The molecule has 35 heavy (non-hydrogen) atoms. The van der Waals surface area contributed by atoms with Crippen LogP contribution in [-0.2, 0) is 9.53 Å². The second kappa shape index (κ2) is 12.5. The van der Waals surface area contributed by atoms with Gasteiger partial charge in [-0.2, -0.15) is 0 Å². The van der Waals surface area contributed by atoms with Gasteiger partial charge in [0.15, 0.2) is 0 Å². The normalized spacial score (nSPS) is 14.2. The number of ether oxygens (including phenoxy) is 2. The zero-order valence-electron chi connectivity index (χ0n) is 19.5. The summed E-state index contributed by atoms with van der Waals surface area (Å²) in [6.45, 7) is 4.28. The number of hydrogen-bond acceptors (Lipinski definition) is 5. The van der Waals surface area contributed by atoms with E-state index in [0.717, 1.165) is 25.2 Å². The maximum Gasteiger partial charge on any atom is 0.267 e. The minimum atomic E-state index is -0.350. The summed E-state index contributed by atoms with van der Waals surface area (Å²) in [4.78, 5) is 28.1. The maximum atomic E-state index is 13.1. The van der Waals surface area contributed by atoms with E-state index >= 15 is 0 Å². The van der Waals surface area contributed by atoms with E-state index in [2.05, 4.69) is 15.5 Å². The van der Waals surface area contributed by atoms with E-state index < -0.39 is 0 Å². The second-order valence-corrected chi connectivity index (χ2v) is 8.08. The molecule has 180 valence electrons. The molecule has 3 aromatic rings. The number of carbonyl (C=O) groups excluding carboxylic acids is 2. The number of nitrogens with one attached hydrogen (secondary N) is 2. The zero-order valence-corrected chi connectivity index (χ0v) is 19.5. The largest absolute Gasteiger partial charge is 0.457 e. The lowest BCUT2D eigenvalue weighted by molar-refractivity contribution is -0.117. The Morgan fingerprint density at radius 3 is 2.31 bits per heavy atom. The van der Waals surface area contributed by atoms with Gasteiger partial charge in [-0.3, -0.25) is 14.5 Å². The van der Waals surface area contributed by atoms with E-state index in [4.69, 9.17) is 9.47 Å². The van der Waals surface area contributed by atoms with Crippen LogP contribution >= 0.6 is 0 Å². The lowest BCUT2D eigenvalue weighted by Crippen LogP contribution is -2.42.